The smallest absolute Gasteiger partial charge is 0.407 e. The van der Waals surface area contributed by atoms with Crippen molar-refractivity contribution in [3.05, 3.63) is 21.9 Å². The van der Waals surface area contributed by atoms with Crippen LogP contribution in [0.4, 0.5) is 4.79 Å². The number of rotatable bonds is 5. The molecule has 0 fully saturated rings. The molecule has 1 amide bonds. The fourth-order valence-electron chi connectivity index (χ4n) is 1.47. The average molecular weight is 303 g/mol. The van der Waals surface area contributed by atoms with Gasteiger partial charge in [0, 0.05) is 11.4 Å². The number of carbonyl (C=O) groups is 1. The van der Waals surface area contributed by atoms with Crippen LogP contribution >= 0.6 is 11.3 Å². The molecule has 0 bridgehead atoms. The highest BCUT2D eigenvalue weighted by Crippen LogP contribution is 2.23. The number of carbonyl (C=O) groups excluding carboxylic acids is 1. The predicted molar refractivity (Wildman–Crippen MR) is 75.4 cm³/mol. The first-order valence-corrected chi connectivity index (χ1v) is 7.12. The third kappa shape index (κ3) is 5.46. The van der Waals surface area contributed by atoms with Crippen molar-refractivity contribution in [2.75, 3.05) is 6.54 Å². The van der Waals surface area contributed by atoms with Crippen LogP contribution < -0.4 is 5.32 Å². The zero-order valence-electron chi connectivity index (χ0n) is 11.8. The standard InChI is InChI=1S/C13H21NO5S/c1-13(2,3)19-12(18)14-5-10(16)11(17)8-4-9(6-15)20-7-8/h4,7,10-11,15-17H,5-6H2,1-3H3,(H,14,18). The zero-order valence-corrected chi connectivity index (χ0v) is 12.6. The maximum atomic E-state index is 11.4. The van der Waals surface area contributed by atoms with E-state index in [9.17, 15) is 15.0 Å². The molecule has 0 aliphatic heterocycles. The summed E-state index contributed by atoms with van der Waals surface area (Å²) in [6.07, 6.45) is -2.92. The normalized spacial score (nSPS) is 14.7. The van der Waals surface area contributed by atoms with Crippen molar-refractivity contribution in [1.29, 1.82) is 0 Å². The van der Waals surface area contributed by atoms with Gasteiger partial charge in [-0.25, -0.2) is 4.79 Å². The molecule has 1 aromatic heterocycles. The van der Waals surface area contributed by atoms with Gasteiger partial charge >= 0.3 is 6.09 Å². The summed E-state index contributed by atoms with van der Waals surface area (Å²) >= 11 is 1.29. The van der Waals surface area contributed by atoms with Crippen LogP contribution in [-0.2, 0) is 11.3 Å². The first-order chi connectivity index (χ1) is 9.23. The number of hydrogen-bond donors (Lipinski definition) is 4. The summed E-state index contributed by atoms with van der Waals surface area (Å²) in [4.78, 5) is 12.1. The number of ether oxygens (including phenoxy) is 1. The summed E-state index contributed by atoms with van der Waals surface area (Å²) in [7, 11) is 0. The van der Waals surface area contributed by atoms with Gasteiger partial charge in [-0.05, 0) is 37.8 Å². The second kappa shape index (κ2) is 7.03. The minimum Gasteiger partial charge on any atom is -0.444 e. The number of amides is 1. The predicted octanol–water partition coefficient (Wildman–Crippen LogP) is 1.16. The molecule has 0 aromatic carbocycles. The lowest BCUT2D eigenvalue weighted by atomic mass is 10.1. The molecular weight excluding hydrogens is 282 g/mol. The number of nitrogens with one attached hydrogen (secondary N) is 1. The second-order valence-corrected chi connectivity index (χ2v) is 6.40. The monoisotopic (exact) mass is 303 g/mol. The molecule has 0 saturated heterocycles. The van der Waals surface area contributed by atoms with E-state index < -0.39 is 23.9 Å². The Labute approximate surface area is 122 Å². The Hall–Kier alpha value is -1.15. The van der Waals surface area contributed by atoms with Crippen molar-refractivity contribution in [3.8, 4) is 0 Å². The lowest BCUT2D eigenvalue weighted by Crippen LogP contribution is -2.38. The minimum absolute atomic E-state index is 0.107. The maximum Gasteiger partial charge on any atom is 0.407 e. The summed E-state index contributed by atoms with van der Waals surface area (Å²) in [6, 6.07) is 1.62. The Kier molecular flexibility index (Phi) is 5.94. The third-order valence-corrected chi connectivity index (χ3v) is 3.33. The van der Waals surface area contributed by atoms with E-state index in [1.54, 1.807) is 32.2 Å². The van der Waals surface area contributed by atoms with Gasteiger partial charge < -0.3 is 25.4 Å². The Balaban J connectivity index is 2.46. The second-order valence-electron chi connectivity index (χ2n) is 5.40. The SMILES string of the molecule is CC(C)(C)OC(=O)NCC(O)C(O)c1csc(CO)c1. The van der Waals surface area contributed by atoms with Crippen LogP contribution in [0.15, 0.2) is 11.4 Å². The summed E-state index contributed by atoms with van der Waals surface area (Å²) in [5.74, 6) is 0. The highest BCUT2D eigenvalue weighted by Gasteiger charge is 2.22. The molecule has 1 aromatic rings. The minimum atomic E-state index is -1.15. The largest absolute Gasteiger partial charge is 0.444 e. The highest BCUT2D eigenvalue weighted by molar-refractivity contribution is 7.10. The van der Waals surface area contributed by atoms with Crippen LogP contribution in [0.5, 0.6) is 0 Å². The molecular formula is C13H21NO5S. The lowest BCUT2D eigenvalue weighted by Gasteiger charge is -2.21. The number of thiophene rings is 1. The van der Waals surface area contributed by atoms with E-state index in [2.05, 4.69) is 5.32 Å². The van der Waals surface area contributed by atoms with Gasteiger partial charge in [0.1, 0.15) is 17.8 Å². The molecule has 0 aliphatic carbocycles. The average Bonchev–Trinajstić information content (AvgIpc) is 2.81. The summed E-state index contributed by atoms with van der Waals surface area (Å²) in [6.45, 7) is 4.98. The van der Waals surface area contributed by atoms with E-state index in [1.165, 1.54) is 11.3 Å². The number of aliphatic hydroxyl groups is 3. The Morgan fingerprint density at radius 3 is 2.60 bits per heavy atom. The Morgan fingerprint density at radius 2 is 2.10 bits per heavy atom. The van der Waals surface area contributed by atoms with Crippen molar-refractivity contribution in [3.63, 3.8) is 0 Å². The molecule has 2 atom stereocenters. The molecule has 0 saturated carbocycles. The van der Waals surface area contributed by atoms with Crippen LogP contribution in [-0.4, -0.2) is 39.7 Å². The van der Waals surface area contributed by atoms with E-state index >= 15 is 0 Å². The molecule has 1 rings (SSSR count). The van der Waals surface area contributed by atoms with Crippen LogP contribution in [0, 0.1) is 0 Å². The van der Waals surface area contributed by atoms with Gasteiger partial charge in [-0.1, -0.05) is 0 Å². The molecule has 0 aliphatic rings. The molecule has 1 heterocycles. The Morgan fingerprint density at radius 1 is 1.45 bits per heavy atom. The van der Waals surface area contributed by atoms with Gasteiger partial charge in [0.15, 0.2) is 0 Å². The van der Waals surface area contributed by atoms with Gasteiger partial charge in [-0.2, -0.15) is 0 Å². The third-order valence-electron chi connectivity index (χ3n) is 2.39. The lowest BCUT2D eigenvalue weighted by molar-refractivity contribution is 0.0131. The van der Waals surface area contributed by atoms with E-state index in [0.29, 0.717) is 10.4 Å². The van der Waals surface area contributed by atoms with E-state index in [1.807, 2.05) is 0 Å². The van der Waals surface area contributed by atoms with Crippen LogP contribution in [0.25, 0.3) is 0 Å². The molecule has 4 N–H and O–H groups in total. The van der Waals surface area contributed by atoms with E-state index in [-0.39, 0.29) is 13.2 Å². The van der Waals surface area contributed by atoms with Crippen molar-refractivity contribution < 1.29 is 24.9 Å². The first kappa shape index (κ1) is 16.9. The quantitative estimate of drug-likeness (QED) is 0.654. The first-order valence-electron chi connectivity index (χ1n) is 6.24. The zero-order chi connectivity index (χ0) is 15.3. The Bertz CT molecular complexity index is 440. The van der Waals surface area contributed by atoms with E-state index in [4.69, 9.17) is 9.84 Å². The van der Waals surface area contributed by atoms with Crippen molar-refractivity contribution in [2.45, 2.75) is 45.2 Å². The van der Waals surface area contributed by atoms with Gasteiger partial charge in [0.05, 0.1) is 6.61 Å². The van der Waals surface area contributed by atoms with Crippen molar-refractivity contribution >= 4 is 17.4 Å². The highest BCUT2D eigenvalue weighted by atomic mass is 32.1. The molecule has 20 heavy (non-hydrogen) atoms. The fraction of sp³-hybridized carbons (Fsp3) is 0.615. The van der Waals surface area contributed by atoms with Crippen molar-refractivity contribution in [1.82, 2.24) is 5.32 Å². The molecule has 7 heteroatoms. The van der Waals surface area contributed by atoms with Crippen LogP contribution in [0.1, 0.15) is 37.3 Å². The molecule has 2 unspecified atom stereocenters. The van der Waals surface area contributed by atoms with Gasteiger partial charge in [0.25, 0.3) is 0 Å². The molecule has 0 radical (unpaired) electrons. The maximum absolute atomic E-state index is 11.4. The summed E-state index contributed by atoms with van der Waals surface area (Å²) in [5.41, 5.74) is -0.102. The van der Waals surface area contributed by atoms with Crippen LogP contribution in [0.3, 0.4) is 0 Å². The van der Waals surface area contributed by atoms with Gasteiger partial charge in [0.2, 0.25) is 0 Å². The van der Waals surface area contributed by atoms with Gasteiger partial charge in [-0.3, -0.25) is 0 Å². The summed E-state index contributed by atoms with van der Waals surface area (Å²) in [5, 5.41) is 32.7. The van der Waals surface area contributed by atoms with E-state index in [0.717, 1.165) is 0 Å². The molecule has 6 nitrogen and oxygen atoms in total. The number of alkyl carbamates (subject to hydrolysis) is 1. The van der Waals surface area contributed by atoms with Crippen molar-refractivity contribution in [2.24, 2.45) is 0 Å². The summed E-state index contributed by atoms with van der Waals surface area (Å²) < 4.78 is 5.02. The molecule has 0 spiro atoms. The fourth-order valence-corrected chi connectivity index (χ4v) is 2.25. The van der Waals surface area contributed by atoms with Gasteiger partial charge in [-0.15, -0.1) is 11.3 Å². The topological polar surface area (TPSA) is 99.0 Å². The van der Waals surface area contributed by atoms with Crippen LogP contribution in [0.2, 0.25) is 0 Å². The number of hydrogen-bond acceptors (Lipinski definition) is 6. The molecule has 114 valence electrons. The number of aliphatic hydroxyl groups excluding tert-OH is 3.